The normalized spacial score (nSPS) is 17.6. The number of sulfonamides is 2. The molecule has 0 bridgehead atoms. The summed E-state index contributed by atoms with van der Waals surface area (Å²) in [6, 6.07) is 4.89. The van der Waals surface area contributed by atoms with E-state index in [1.807, 2.05) is 6.07 Å². The Balaban J connectivity index is 1.72. The summed E-state index contributed by atoms with van der Waals surface area (Å²) in [5.74, 6) is 0. The van der Waals surface area contributed by atoms with E-state index < -0.39 is 42.3 Å². The van der Waals surface area contributed by atoms with Gasteiger partial charge in [0.05, 0.1) is 34.9 Å². The molecule has 0 spiro atoms. The van der Waals surface area contributed by atoms with Crippen molar-refractivity contribution in [2.75, 3.05) is 26.8 Å². The molecule has 5 rings (SSSR count). The van der Waals surface area contributed by atoms with E-state index in [-0.39, 0.29) is 41.8 Å². The Hall–Kier alpha value is -2.88. The van der Waals surface area contributed by atoms with Crippen molar-refractivity contribution >= 4 is 47.9 Å². The summed E-state index contributed by atoms with van der Waals surface area (Å²) in [5, 5.41) is 20.9. The van der Waals surface area contributed by atoms with E-state index in [0.717, 1.165) is 0 Å². The van der Waals surface area contributed by atoms with Gasteiger partial charge in [-0.2, -0.15) is 19.4 Å². The minimum atomic E-state index is -4.20. The van der Waals surface area contributed by atoms with Gasteiger partial charge in [-0.1, -0.05) is 17.4 Å². The Morgan fingerprint density at radius 3 is 2.50 bits per heavy atom. The van der Waals surface area contributed by atoms with Crippen LogP contribution in [0.2, 0.25) is 0 Å². The van der Waals surface area contributed by atoms with Crippen molar-refractivity contribution in [3.8, 4) is 16.8 Å². The van der Waals surface area contributed by atoms with Crippen LogP contribution in [0.4, 0.5) is 8.78 Å². The van der Waals surface area contributed by atoms with Crippen LogP contribution in [-0.4, -0.2) is 78.7 Å². The van der Waals surface area contributed by atoms with Crippen molar-refractivity contribution in [3.63, 3.8) is 0 Å². The van der Waals surface area contributed by atoms with Crippen LogP contribution in [0.1, 0.15) is 50.1 Å². The summed E-state index contributed by atoms with van der Waals surface area (Å²) in [6.07, 6.45) is -0.0479. The Morgan fingerprint density at radius 1 is 1.21 bits per heavy atom. The number of benzene rings is 1. The molecule has 2 aromatic heterocycles. The number of ether oxygens (including phenoxy) is 1. The minimum absolute atomic E-state index is 0.0856. The van der Waals surface area contributed by atoms with Gasteiger partial charge >= 0.3 is 0 Å². The molecule has 1 aliphatic carbocycles. The number of hydrogen-bond acceptors (Lipinski definition) is 10. The van der Waals surface area contributed by atoms with Gasteiger partial charge in [0.15, 0.2) is 10.0 Å². The molecule has 1 saturated carbocycles. The smallest absolute Gasteiger partial charge is 0.291 e. The van der Waals surface area contributed by atoms with Crippen molar-refractivity contribution in [2.45, 2.75) is 61.8 Å². The number of rotatable bonds is 11. The minimum Gasteiger partial charge on any atom is -0.383 e. The van der Waals surface area contributed by atoms with Gasteiger partial charge in [-0.3, -0.25) is 4.68 Å². The zero-order valence-electron chi connectivity index (χ0n) is 23.0. The molecule has 17 heteroatoms. The zero-order chi connectivity index (χ0) is 30.4. The van der Waals surface area contributed by atoms with Crippen LogP contribution in [0.3, 0.4) is 0 Å². The first-order valence-electron chi connectivity index (χ1n) is 13.1. The number of aromatic nitrogens is 4. The fraction of sp³-hybridized carbons (Fsp3) is 0.520. The Morgan fingerprint density at radius 2 is 1.95 bits per heavy atom. The van der Waals surface area contributed by atoms with E-state index >= 15 is 0 Å². The third-order valence-corrected chi connectivity index (χ3v) is 11.9. The lowest BCUT2D eigenvalue weighted by atomic mass is 9.97. The summed E-state index contributed by atoms with van der Waals surface area (Å²) in [7, 11) is -6.20. The van der Waals surface area contributed by atoms with E-state index in [2.05, 4.69) is 20.0 Å². The van der Waals surface area contributed by atoms with Crippen LogP contribution >= 0.6 is 11.3 Å². The van der Waals surface area contributed by atoms with E-state index in [9.17, 15) is 30.9 Å². The number of nitrogens with one attached hydrogen (secondary N) is 1. The maximum absolute atomic E-state index is 13.6. The summed E-state index contributed by atoms with van der Waals surface area (Å²) < 4.78 is 90.1. The van der Waals surface area contributed by atoms with Gasteiger partial charge < -0.3 is 4.74 Å². The fourth-order valence-electron chi connectivity index (χ4n) is 4.71. The molecule has 1 aliphatic heterocycles. The topological polar surface area (TPSA) is 160 Å². The van der Waals surface area contributed by atoms with Crippen molar-refractivity contribution in [2.24, 2.45) is 0 Å². The van der Waals surface area contributed by atoms with Crippen molar-refractivity contribution in [1.82, 2.24) is 29.0 Å². The number of methoxy groups -OCH3 is 1. The number of halogens is 2. The predicted octanol–water partition coefficient (Wildman–Crippen LogP) is 3.30. The van der Waals surface area contributed by atoms with Crippen LogP contribution in [0.5, 0.6) is 0 Å². The van der Waals surface area contributed by atoms with Gasteiger partial charge in [-0.25, -0.2) is 25.6 Å². The van der Waals surface area contributed by atoms with Crippen LogP contribution < -0.4 is 4.72 Å². The van der Waals surface area contributed by atoms with Gasteiger partial charge in [-0.05, 0) is 50.8 Å². The summed E-state index contributed by atoms with van der Waals surface area (Å²) in [5.41, 5.74) is 0.697. The van der Waals surface area contributed by atoms with Gasteiger partial charge in [0.2, 0.25) is 20.0 Å². The molecule has 0 unspecified atom stereocenters. The van der Waals surface area contributed by atoms with E-state index in [1.54, 1.807) is 24.6 Å². The number of hydrogen-bond donors (Lipinski definition) is 1. The molecule has 3 aromatic rings. The van der Waals surface area contributed by atoms with Crippen LogP contribution in [0, 0.1) is 11.3 Å². The molecule has 12 nitrogen and oxygen atoms in total. The second kappa shape index (κ2) is 11.3. The monoisotopic (exact) mass is 641 g/mol. The van der Waals surface area contributed by atoms with Crippen molar-refractivity contribution in [1.29, 1.82) is 5.26 Å². The first kappa shape index (κ1) is 30.6. The Bertz CT molecular complexity index is 1810. The third kappa shape index (κ3) is 5.71. The van der Waals surface area contributed by atoms with Crippen LogP contribution in [0.25, 0.3) is 27.2 Å². The lowest BCUT2D eigenvalue weighted by molar-refractivity contribution is 0.150. The quantitative estimate of drug-likeness (QED) is 0.331. The van der Waals surface area contributed by atoms with Crippen LogP contribution in [0.15, 0.2) is 23.1 Å². The molecule has 0 saturated heterocycles. The summed E-state index contributed by atoms with van der Waals surface area (Å²) in [4.78, 5) is -0.143. The summed E-state index contributed by atoms with van der Waals surface area (Å²) >= 11 is 0.655. The molecule has 1 aromatic carbocycles. The third-order valence-electron chi connectivity index (χ3n) is 7.23. The highest BCUT2D eigenvalue weighted by Gasteiger charge is 2.47. The second-order valence-corrected chi connectivity index (χ2v) is 15.6. The number of fused-ring (bicyclic) bond motifs is 1. The molecule has 0 radical (unpaired) electrons. The molecular formula is C25H29F2N7O5S3. The lowest BCUT2D eigenvalue weighted by Gasteiger charge is -2.28. The standard InChI is InChI=1S/C25H29F2N7O5S3/c1-15(2)42(37,38)33-8-4-16(5-9-33)18-12-17(41(35,36)32-25(14-28)6-7-25)13-19-20(23-29-30-24(40-23)22(26)27)31-34(21(18)19)10-11-39-3/h4,12-13,15,22,32H,5-11H2,1-3H3. The summed E-state index contributed by atoms with van der Waals surface area (Å²) in [6.45, 7) is 4.00. The molecule has 226 valence electrons. The van der Waals surface area contributed by atoms with Crippen molar-refractivity contribution < 1.29 is 30.4 Å². The highest BCUT2D eigenvalue weighted by atomic mass is 32.2. The molecule has 42 heavy (non-hydrogen) atoms. The highest BCUT2D eigenvalue weighted by molar-refractivity contribution is 7.90. The molecule has 0 amide bonds. The number of nitriles is 1. The van der Waals surface area contributed by atoms with Gasteiger partial charge in [0.1, 0.15) is 11.2 Å². The first-order chi connectivity index (χ1) is 19.8. The Kier molecular flexibility index (Phi) is 8.24. The van der Waals surface area contributed by atoms with Crippen LogP contribution in [-0.2, 0) is 31.3 Å². The maximum atomic E-state index is 13.6. The number of nitrogens with zero attached hydrogens (tertiary/aromatic N) is 6. The van der Waals surface area contributed by atoms with Crippen molar-refractivity contribution in [3.05, 3.63) is 28.8 Å². The average molecular weight is 642 g/mol. The molecule has 0 atom stereocenters. The molecular weight excluding hydrogens is 613 g/mol. The highest BCUT2D eigenvalue weighted by Crippen LogP contribution is 2.40. The van der Waals surface area contributed by atoms with Gasteiger partial charge in [0.25, 0.3) is 6.43 Å². The zero-order valence-corrected chi connectivity index (χ0v) is 25.5. The van der Waals surface area contributed by atoms with Gasteiger partial charge in [-0.15, -0.1) is 10.2 Å². The largest absolute Gasteiger partial charge is 0.383 e. The molecule has 1 N–H and O–H groups in total. The van der Waals surface area contributed by atoms with E-state index in [0.29, 0.717) is 52.6 Å². The SMILES string of the molecule is COCCn1nc(-c2nnc(C(F)F)s2)c2cc(S(=O)(=O)NC3(C#N)CC3)cc(C3=CCN(S(=O)(=O)C(C)C)CC3)c21. The number of alkyl halides is 2. The fourth-order valence-corrected chi connectivity index (χ4v) is 8.06. The van der Waals surface area contributed by atoms with Gasteiger partial charge in [0, 0.05) is 31.1 Å². The predicted molar refractivity (Wildman–Crippen MR) is 152 cm³/mol. The van der Waals surface area contributed by atoms with E-state index in [1.165, 1.54) is 23.5 Å². The molecule has 3 heterocycles. The maximum Gasteiger partial charge on any atom is 0.291 e. The van der Waals surface area contributed by atoms with E-state index in [4.69, 9.17) is 4.74 Å². The average Bonchev–Trinajstić information content (AvgIpc) is 3.37. The molecule has 2 aliphatic rings. The Labute approximate surface area is 246 Å². The lowest BCUT2D eigenvalue weighted by Crippen LogP contribution is -2.39. The molecule has 1 fully saturated rings. The second-order valence-electron chi connectivity index (χ2n) is 10.4. The first-order valence-corrected chi connectivity index (χ1v) is 16.9.